The van der Waals surface area contributed by atoms with E-state index < -0.39 is 124 Å². The Morgan fingerprint density at radius 2 is 0.673 bits per heavy atom. The molecule has 0 aromatic heterocycles. The topological polar surface area (TPSA) is 307 Å². The first-order valence-electron chi connectivity index (χ1n) is 40.2. The molecule has 12 N–H and O–H groups in total. The van der Waals surface area contributed by atoms with Gasteiger partial charge in [-0.1, -0.05) is 307 Å². The fourth-order valence-corrected chi connectivity index (χ4v) is 13.7. The van der Waals surface area contributed by atoms with E-state index in [0.29, 0.717) is 6.42 Å². The van der Waals surface area contributed by atoms with E-state index in [9.17, 15) is 61.0 Å². The number of aliphatic hydroxyl groups is 11. The molecule has 0 saturated carbocycles. The van der Waals surface area contributed by atoms with Crippen molar-refractivity contribution in [2.45, 2.75) is 433 Å². The van der Waals surface area contributed by atoms with Crippen LogP contribution in [0.25, 0.3) is 0 Å². The van der Waals surface area contributed by atoms with E-state index in [1.807, 2.05) is 6.08 Å². The molecule has 17 atom stereocenters. The molecule has 0 bridgehead atoms. The Bertz CT molecular complexity index is 1910. The molecule has 19 nitrogen and oxygen atoms in total. The quantitative estimate of drug-likeness (QED) is 0.0199. The predicted octanol–water partition coefficient (Wildman–Crippen LogP) is 13.1. The minimum Gasteiger partial charge on any atom is -0.394 e. The third kappa shape index (κ3) is 40.3. The van der Waals surface area contributed by atoms with Crippen molar-refractivity contribution in [3.05, 3.63) is 36.5 Å². The molecule has 19 heteroatoms. The van der Waals surface area contributed by atoms with Gasteiger partial charge in [0, 0.05) is 6.42 Å². The lowest BCUT2D eigenvalue weighted by molar-refractivity contribution is -0.379. The average Bonchev–Trinajstić information content (AvgIpc) is 0.785. The van der Waals surface area contributed by atoms with Crippen LogP contribution in [-0.4, -0.2) is 193 Å². The van der Waals surface area contributed by atoms with Gasteiger partial charge in [0.2, 0.25) is 5.91 Å². The zero-order valence-corrected chi connectivity index (χ0v) is 61.5. The van der Waals surface area contributed by atoms with E-state index in [2.05, 4.69) is 43.5 Å². The molecule has 3 aliphatic heterocycles. The predicted molar refractivity (Wildman–Crippen MR) is 388 cm³/mol. The molecule has 0 aliphatic carbocycles. The maximum Gasteiger partial charge on any atom is 0.220 e. The van der Waals surface area contributed by atoms with E-state index in [1.165, 1.54) is 244 Å². The van der Waals surface area contributed by atoms with Gasteiger partial charge >= 0.3 is 0 Å². The van der Waals surface area contributed by atoms with Crippen LogP contribution in [0.3, 0.4) is 0 Å². The second-order valence-corrected chi connectivity index (χ2v) is 28.9. The van der Waals surface area contributed by atoms with Crippen LogP contribution in [0, 0.1) is 0 Å². The van der Waals surface area contributed by atoms with Crippen molar-refractivity contribution < 1.29 is 89.4 Å². The summed E-state index contributed by atoms with van der Waals surface area (Å²) in [5.41, 5.74) is 0. The second-order valence-electron chi connectivity index (χ2n) is 28.9. The van der Waals surface area contributed by atoms with E-state index in [-0.39, 0.29) is 18.9 Å². The van der Waals surface area contributed by atoms with Gasteiger partial charge in [0.1, 0.15) is 73.2 Å². The maximum atomic E-state index is 13.5. The molecule has 0 aromatic carbocycles. The summed E-state index contributed by atoms with van der Waals surface area (Å²) in [7, 11) is 0. The number of unbranched alkanes of at least 4 members (excludes halogenated alkanes) is 44. The van der Waals surface area contributed by atoms with Crippen molar-refractivity contribution in [2.75, 3.05) is 26.4 Å². The molecule has 0 radical (unpaired) electrons. The number of allylic oxidation sites excluding steroid dienone is 5. The van der Waals surface area contributed by atoms with Crippen LogP contribution in [0.1, 0.15) is 328 Å². The first-order chi connectivity index (χ1) is 47.8. The minimum atomic E-state index is -1.98. The summed E-state index contributed by atoms with van der Waals surface area (Å²) in [6.07, 6.45) is 47.0. The number of nitrogens with one attached hydrogen (secondary N) is 1. The third-order valence-electron chi connectivity index (χ3n) is 20.2. The van der Waals surface area contributed by atoms with Gasteiger partial charge in [-0.15, -0.1) is 0 Å². The lowest BCUT2D eigenvalue weighted by atomic mass is 9.96. The lowest BCUT2D eigenvalue weighted by Crippen LogP contribution is -2.66. The van der Waals surface area contributed by atoms with Crippen molar-refractivity contribution in [3.63, 3.8) is 0 Å². The molecular formula is C79H147NO18. The monoisotopic (exact) mass is 1400 g/mol. The highest BCUT2D eigenvalue weighted by Gasteiger charge is 2.54. The van der Waals surface area contributed by atoms with Crippen LogP contribution in [-0.2, 0) is 33.2 Å². The van der Waals surface area contributed by atoms with Crippen LogP contribution < -0.4 is 5.32 Å². The summed E-state index contributed by atoms with van der Waals surface area (Å²) >= 11 is 0. The Hall–Kier alpha value is -1.99. The number of rotatable bonds is 64. The van der Waals surface area contributed by atoms with Crippen molar-refractivity contribution in [1.82, 2.24) is 5.32 Å². The standard InChI is InChI=1S/C79H147NO18/c1-3-5-7-9-11-13-15-17-19-21-23-25-27-28-29-30-31-32-33-35-36-38-40-42-44-46-48-50-52-54-56-63(84)62(80-67(85)57-55-53-51-49-47-45-43-41-39-37-34-26-24-22-20-18-16-14-12-10-8-6-4-2)61-93-77-73(91)70(88)75(65(59-82)95-77)98-79-74(92)71(89)76(66(60-83)96-79)97-78-72(90)69(87)68(86)64(58-81)94-78/h16,18,22,24,54,56,62-66,68-79,81-84,86-92H,3-15,17,19-21,23,25-53,55,57-61H2,1-2H3,(H,80,85)/b18-16-,24-22-,56-54+. The van der Waals surface area contributed by atoms with E-state index in [4.69, 9.17) is 28.4 Å². The summed E-state index contributed by atoms with van der Waals surface area (Å²) in [6, 6.07) is -0.976. The Labute approximate surface area is 593 Å². The second kappa shape index (κ2) is 60.3. The van der Waals surface area contributed by atoms with E-state index >= 15 is 0 Å². The summed E-state index contributed by atoms with van der Waals surface area (Å²) in [5, 5.41) is 121. The highest BCUT2D eigenvalue weighted by molar-refractivity contribution is 5.76. The van der Waals surface area contributed by atoms with Crippen LogP contribution in [0.2, 0.25) is 0 Å². The fourth-order valence-electron chi connectivity index (χ4n) is 13.7. The number of ether oxygens (including phenoxy) is 6. The van der Waals surface area contributed by atoms with Gasteiger partial charge in [-0.25, -0.2) is 0 Å². The van der Waals surface area contributed by atoms with Gasteiger partial charge in [-0.2, -0.15) is 0 Å². The number of hydrogen-bond donors (Lipinski definition) is 12. The average molecular weight is 1400 g/mol. The van der Waals surface area contributed by atoms with Gasteiger partial charge in [0.25, 0.3) is 0 Å². The lowest BCUT2D eigenvalue weighted by Gasteiger charge is -2.48. The number of carbonyl (C=O) groups excluding carboxylic acids is 1. The first kappa shape index (κ1) is 90.2. The van der Waals surface area contributed by atoms with Crippen LogP contribution >= 0.6 is 0 Å². The van der Waals surface area contributed by atoms with Crippen molar-refractivity contribution in [2.24, 2.45) is 0 Å². The Kier molecular flexibility index (Phi) is 55.5. The zero-order chi connectivity index (χ0) is 71.1. The molecule has 98 heavy (non-hydrogen) atoms. The van der Waals surface area contributed by atoms with E-state index in [1.54, 1.807) is 6.08 Å². The summed E-state index contributed by atoms with van der Waals surface area (Å²) < 4.78 is 34.5. The number of aliphatic hydroxyl groups excluding tert-OH is 11. The highest BCUT2D eigenvalue weighted by atomic mass is 16.8. The van der Waals surface area contributed by atoms with Gasteiger partial charge in [-0.05, 0) is 51.4 Å². The van der Waals surface area contributed by atoms with E-state index in [0.717, 1.165) is 57.8 Å². The number of amides is 1. The molecule has 3 aliphatic rings. The largest absolute Gasteiger partial charge is 0.394 e. The number of hydrogen-bond acceptors (Lipinski definition) is 18. The van der Waals surface area contributed by atoms with Gasteiger partial charge in [0.15, 0.2) is 18.9 Å². The maximum absolute atomic E-state index is 13.5. The van der Waals surface area contributed by atoms with Crippen LogP contribution in [0.15, 0.2) is 36.5 Å². The molecule has 17 unspecified atom stereocenters. The highest BCUT2D eigenvalue weighted by Crippen LogP contribution is 2.33. The molecule has 0 aromatic rings. The zero-order valence-electron chi connectivity index (χ0n) is 61.5. The van der Waals surface area contributed by atoms with Crippen molar-refractivity contribution in [3.8, 4) is 0 Å². The molecule has 576 valence electrons. The Balaban J connectivity index is 1.38. The summed E-state index contributed by atoms with van der Waals surface area (Å²) in [5.74, 6) is -0.273. The Morgan fingerprint density at radius 3 is 1.04 bits per heavy atom. The fraction of sp³-hybridized carbons (Fsp3) is 0.911. The normalized spacial score (nSPS) is 26.9. The Morgan fingerprint density at radius 1 is 0.367 bits per heavy atom. The summed E-state index contributed by atoms with van der Waals surface area (Å²) in [4.78, 5) is 13.5. The molecular weight excluding hydrogens is 1250 g/mol. The molecule has 3 heterocycles. The van der Waals surface area contributed by atoms with Crippen LogP contribution in [0.4, 0.5) is 0 Å². The van der Waals surface area contributed by atoms with Crippen LogP contribution in [0.5, 0.6) is 0 Å². The smallest absolute Gasteiger partial charge is 0.220 e. The molecule has 1 amide bonds. The summed E-state index contributed by atoms with van der Waals surface area (Å²) in [6.45, 7) is 1.77. The van der Waals surface area contributed by atoms with Gasteiger partial charge < -0.3 is 89.9 Å². The molecule has 3 rings (SSSR count). The number of carbonyl (C=O) groups is 1. The van der Waals surface area contributed by atoms with Crippen molar-refractivity contribution in [1.29, 1.82) is 0 Å². The van der Waals surface area contributed by atoms with Gasteiger partial charge in [0.05, 0.1) is 38.6 Å². The third-order valence-corrected chi connectivity index (χ3v) is 20.2. The van der Waals surface area contributed by atoms with Gasteiger partial charge in [-0.3, -0.25) is 4.79 Å². The SMILES string of the molecule is CCCCCCC/C=C\C/C=C\CCCCCCCCCCCCCC(=O)NC(COC1OC(CO)C(OC2OC(CO)C(OC3OC(CO)C(O)C(O)C3O)C(O)C2O)C(O)C1O)C(O)/C=C/CCCCCCCCCCCCCCCCCCCCCCCCCCCCCC. The minimum absolute atomic E-state index is 0.242. The first-order valence-corrected chi connectivity index (χ1v) is 40.2. The molecule has 3 saturated heterocycles. The van der Waals surface area contributed by atoms with Crippen molar-refractivity contribution >= 4 is 5.91 Å². The molecule has 3 fully saturated rings. The molecule has 0 spiro atoms.